The van der Waals surface area contributed by atoms with Gasteiger partial charge in [0.05, 0.1) is 0 Å². The first-order valence-corrected chi connectivity index (χ1v) is 7.80. The molecule has 0 aliphatic carbocycles. The maximum Gasteiger partial charge on any atom is 0.275 e. The first kappa shape index (κ1) is 15.8. The highest BCUT2D eigenvalue weighted by molar-refractivity contribution is 5.97. The Morgan fingerprint density at radius 3 is 2.67 bits per heavy atom. The summed E-state index contributed by atoms with van der Waals surface area (Å²) in [5.41, 5.74) is 3.07. The van der Waals surface area contributed by atoms with Gasteiger partial charge >= 0.3 is 0 Å². The second-order valence-electron chi connectivity index (χ2n) is 5.49. The first-order chi connectivity index (χ1) is 11.7. The fourth-order valence-corrected chi connectivity index (χ4v) is 2.73. The second kappa shape index (κ2) is 6.58. The van der Waals surface area contributed by atoms with E-state index in [1.807, 2.05) is 43.5 Å². The number of nitrogens with one attached hydrogen (secondary N) is 2. The Morgan fingerprint density at radius 1 is 1.25 bits per heavy atom. The summed E-state index contributed by atoms with van der Waals surface area (Å²) in [7, 11) is 1.61. The van der Waals surface area contributed by atoms with E-state index in [4.69, 9.17) is 0 Å². The molecule has 0 unspecified atom stereocenters. The van der Waals surface area contributed by atoms with Crippen LogP contribution in [-0.2, 0) is 6.54 Å². The summed E-state index contributed by atoms with van der Waals surface area (Å²) in [6.45, 7) is 2.45. The monoisotopic (exact) mass is 321 g/mol. The number of aromatic amines is 1. The standard InChI is InChI=1S/C19H19N3O2/c1-3-4-11-22-12-16(15-9-10-21-17(15)19(22)24)13-5-7-14(8-6-13)18(23)20-2/h3-10,12,21H,11H2,1-2H3,(H,20,23). The van der Waals surface area contributed by atoms with Gasteiger partial charge in [-0.15, -0.1) is 0 Å². The number of fused-ring (bicyclic) bond motifs is 1. The lowest BCUT2D eigenvalue weighted by Gasteiger charge is -2.10. The van der Waals surface area contributed by atoms with Crippen LogP contribution in [0.15, 0.2) is 59.7 Å². The largest absolute Gasteiger partial charge is 0.357 e. The smallest absolute Gasteiger partial charge is 0.275 e. The minimum absolute atomic E-state index is 0.0427. The van der Waals surface area contributed by atoms with Gasteiger partial charge in [-0.1, -0.05) is 24.3 Å². The van der Waals surface area contributed by atoms with Crippen LogP contribution in [0.25, 0.3) is 22.0 Å². The molecule has 5 heteroatoms. The molecule has 3 rings (SSSR count). The molecule has 0 saturated heterocycles. The molecule has 2 aromatic heterocycles. The lowest BCUT2D eigenvalue weighted by atomic mass is 10.0. The number of nitrogens with zero attached hydrogens (tertiary/aromatic N) is 1. The number of carbonyl (C=O) groups excluding carboxylic acids is 1. The Morgan fingerprint density at radius 2 is 2.00 bits per heavy atom. The number of allylic oxidation sites excluding steroid dienone is 2. The lowest BCUT2D eigenvalue weighted by molar-refractivity contribution is 0.0963. The first-order valence-electron chi connectivity index (χ1n) is 7.80. The molecule has 0 radical (unpaired) electrons. The Bertz CT molecular complexity index is 962. The quantitative estimate of drug-likeness (QED) is 0.726. The van der Waals surface area contributed by atoms with E-state index in [1.165, 1.54) is 0 Å². The number of carbonyl (C=O) groups is 1. The van der Waals surface area contributed by atoms with Crippen molar-refractivity contribution in [3.63, 3.8) is 0 Å². The number of hydrogen-bond acceptors (Lipinski definition) is 2. The number of H-pyrrole nitrogens is 1. The third kappa shape index (κ3) is 2.76. The van der Waals surface area contributed by atoms with Gasteiger partial charge in [-0.2, -0.15) is 0 Å². The Balaban J connectivity index is 2.14. The van der Waals surface area contributed by atoms with Crippen LogP contribution in [0.2, 0.25) is 0 Å². The van der Waals surface area contributed by atoms with Crippen molar-refractivity contribution in [2.45, 2.75) is 13.5 Å². The molecule has 0 fully saturated rings. The topological polar surface area (TPSA) is 66.9 Å². The molecule has 0 bridgehead atoms. The van der Waals surface area contributed by atoms with E-state index >= 15 is 0 Å². The number of amides is 1. The summed E-state index contributed by atoms with van der Waals surface area (Å²) in [5, 5.41) is 3.49. The van der Waals surface area contributed by atoms with Gasteiger partial charge in [-0.05, 0) is 30.7 Å². The molecule has 0 aliphatic rings. The van der Waals surface area contributed by atoms with Gasteiger partial charge in [-0.3, -0.25) is 9.59 Å². The minimum atomic E-state index is -0.119. The number of benzene rings is 1. The fourth-order valence-electron chi connectivity index (χ4n) is 2.73. The van der Waals surface area contributed by atoms with E-state index in [-0.39, 0.29) is 11.5 Å². The zero-order valence-electron chi connectivity index (χ0n) is 13.7. The van der Waals surface area contributed by atoms with Gasteiger partial charge in [0.15, 0.2) is 0 Å². The molecular formula is C19H19N3O2. The van der Waals surface area contributed by atoms with E-state index < -0.39 is 0 Å². The summed E-state index contributed by atoms with van der Waals surface area (Å²) in [6.07, 6.45) is 7.50. The SMILES string of the molecule is CC=CCn1cc(-c2ccc(C(=O)NC)cc2)c2cc[nH]c2c1=O. The number of pyridine rings is 1. The van der Waals surface area contributed by atoms with Crippen molar-refractivity contribution < 1.29 is 4.79 Å². The molecule has 0 spiro atoms. The summed E-state index contributed by atoms with van der Waals surface area (Å²) in [4.78, 5) is 27.2. The molecule has 2 heterocycles. The molecule has 0 aliphatic heterocycles. The van der Waals surface area contributed by atoms with E-state index in [0.717, 1.165) is 16.5 Å². The zero-order chi connectivity index (χ0) is 17.1. The lowest BCUT2D eigenvalue weighted by Crippen LogP contribution is -2.19. The molecule has 122 valence electrons. The van der Waals surface area contributed by atoms with E-state index in [1.54, 1.807) is 29.9 Å². The third-order valence-corrected chi connectivity index (χ3v) is 4.02. The van der Waals surface area contributed by atoms with Crippen LogP contribution in [0.3, 0.4) is 0 Å². The Kier molecular flexibility index (Phi) is 4.33. The average Bonchev–Trinajstić information content (AvgIpc) is 3.11. The molecule has 0 saturated carbocycles. The fraction of sp³-hybridized carbons (Fsp3) is 0.158. The summed E-state index contributed by atoms with van der Waals surface area (Å²) >= 11 is 0. The maximum atomic E-state index is 12.5. The molecule has 24 heavy (non-hydrogen) atoms. The van der Waals surface area contributed by atoms with Crippen molar-refractivity contribution in [2.75, 3.05) is 7.05 Å². The van der Waals surface area contributed by atoms with Crippen molar-refractivity contribution in [3.8, 4) is 11.1 Å². The molecule has 2 N–H and O–H groups in total. The average molecular weight is 321 g/mol. The third-order valence-electron chi connectivity index (χ3n) is 4.02. The van der Waals surface area contributed by atoms with Crippen LogP contribution < -0.4 is 10.9 Å². The van der Waals surface area contributed by atoms with Gasteiger partial charge < -0.3 is 14.9 Å². The summed E-state index contributed by atoms with van der Waals surface area (Å²) < 4.78 is 1.68. The highest BCUT2D eigenvalue weighted by Crippen LogP contribution is 2.26. The van der Waals surface area contributed by atoms with Crippen LogP contribution in [0.4, 0.5) is 0 Å². The van der Waals surface area contributed by atoms with Crippen molar-refractivity contribution in [3.05, 3.63) is 70.8 Å². The van der Waals surface area contributed by atoms with Crippen LogP contribution in [0, 0.1) is 0 Å². The minimum Gasteiger partial charge on any atom is -0.357 e. The van der Waals surface area contributed by atoms with E-state index in [2.05, 4.69) is 10.3 Å². The summed E-state index contributed by atoms with van der Waals surface area (Å²) in [6, 6.07) is 9.27. The van der Waals surface area contributed by atoms with Crippen molar-refractivity contribution in [1.29, 1.82) is 0 Å². The highest BCUT2D eigenvalue weighted by atomic mass is 16.1. The number of rotatable bonds is 4. The highest BCUT2D eigenvalue weighted by Gasteiger charge is 2.11. The molecule has 3 aromatic rings. The number of hydrogen-bond donors (Lipinski definition) is 2. The van der Waals surface area contributed by atoms with Crippen molar-refractivity contribution >= 4 is 16.8 Å². The van der Waals surface area contributed by atoms with E-state index in [0.29, 0.717) is 17.6 Å². The molecule has 5 nitrogen and oxygen atoms in total. The maximum absolute atomic E-state index is 12.5. The van der Waals surface area contributed by atoms with Crippen LogP contribution >= 0.6 is 0 Å². The van der Waals surface area contributed by atoms with Crippen LogP contribution in [0.5, 0.6) is 0 Å². The predicted octanol–water partition coefficient (Wildman–Crippen LogP) is 2.93. The second-order valence-corrected chi connectivity index (χ2v) is 5.49. The van der Waals surface area contributed by atoms with Gasteiger partial charge in [0, 0.05) is 42.5 Å². The van der Waals surface area contributed by atoms with Crippen LogP contribution in [0.1, 0.15) is 17.3 Å². The molecule has 1 aromatic carbocycles. The summed E-state index contributed by atoms with van der Waals surface area (Å²) in [5.74, 6) is -0.119. The number of aromatic nitrogens is 2. The zero-order valence-corrected chi connectivity index (χ0v) is 13.7. The van der Waals surface area contributed by atoms with Crippen molar-refractivity contribution in [2.24, 2.45) is 0 Å². The molecular weight excluding hydrogens is 302 g/mol. The normalized spacial score (nSPS) is 11.2. The predicted molar refractivity (Wildman–Crippen MR) is 96.2 cm³/mol. The van der Waals surface area contributed by atoms with Crippen molar-refractivity contribution in [1.82, 2.24) is 14.9 Å². The van der Waals surface area contributed by atoms with Gasteiger partial charge in [0.1, 0.15) is 5.52 Å². The van der Waals surface area contributed by atoms with Gasteiger partial charge in [0.2, 0.25) is 0 Å². The Hall–Kier alpha value is -3.08. The van der Waals surface area contributed by atoms with Gasteiger partial charge in [-0.25, -0.2) is 0 Å². The van der Waals surface area contributed by atoms with E-state index in [9.17, 15) is 9.59 Å². The van der Waals surface area contributed by atoms with Gasteiger partial charge in [0.25, 0.3) is 11.5 Å². The molecule has 1 amide bonds. The van der Waals surface area contributed by atoms with Crippen LogP contribution in [-0.4, -0.2) is 22.5 Å². The Labute approximate surface area is 139 Å². The molecule has 0 atom stereocenters.